The molecule has 0 bridgehead atoms. The monoisotopic (exact) mass is 156 g/mol. The molecule has 0 saturated carbocycles. The quantitative estimate of drug-likeness (QED) is 0.540. The second-order valence-electron chi connectivity index (χ2n) is 3.33. The molecule has 1 saturated heterocycles. The summed E-state index contributed by atoms with van der Waals surface area (Å²) in [5, 5.41) is 0. The minimum absolute atomic E-state index is 0.172. The van der Waals surface area contributed by atoms with Gasteiger partial charge in [-0.3, -0.25) is 4.79 Å². The van der Waals surface area contributed by atoms with Gasteiger partial charge in [-0.1, -0.05) is 0 Å². The summed E-state index contributed by atoms with van der Waals surface area (Å²) in [5.74, 6) is 0.172. The maximum Gasteiger partial charge on any atom is 0.219 e. The Balaban J connectivity index is 2.43. The van der Waals surface area contributed by atoms with Crippen molar-refractivity contribution in [2.75, 3.05) is 27.2 Å². The van der Waals surface area contributed by atoms with E-state index in [2.05, 4.69) is 11.9 Å². The van der Waals surface area contributed by atoms with Crippen molar-refractivity contribution in [3.8, 4) is 0 Å². The van der Waals surface area contributed by atoms with Crippen molar-refractivity contribution in [3.63, 3.8) is 0 Å². The van der Waals surface area contributed by atoms with Crippen LogP contribution in [0, 0.1) is 0 Å². The summed E-state index contributed by atoms with van der Waals surface area (Å²) in [6.45, 7) is 3.76. The van der Waals surface area contributed by atoms with E-state index in [1.165, 1.54) is 0 Å². The number of hydrogen-bond donors (Lipinski definition) is 0. The summed E-state index contributed by atoms with van der Waals surface area (Å²) < 4.78 is 0. The maximum absolute atomic E-state index is 10.9. The van der Waals surface area contributed by atoms with Crippen LogP contribution in [0.4, 0.5) is 0 Å². The standard InChI is InChI=1S/C8H16N2O/c1-7(11)10(3)8-4-5-9(2)6-8/h8H,4-6H2,1-3H3/t8-/m0/s1. The molecular weight excluding hydrogens is 140 g/mol. The van der Waals surface area contributed by atoms with Gasteiger partial charge >= 0.3 is 0 Å². The van der Waals surface area contributed by atoms with Crippen LogP contribution < -0.4 is 0 Å². The summed E-state index contributed by atoms with van der Waals surface area (Å²) in [6, 6.07) is 0.442. The second-order valence-corrected chi connectivity index (χ2v) is 3.33. The molecule has 1 amide bonds. The van der Waals surface area contributed by atoms with E-state index >= 15 is 0 Å². The van der Waals surface area contributed by atoms with Crippen molar-refractivity contribution in [2.45, 2.75) is 19.4 Å². The molecular formula is C8H16N2O. The Labute approximate surface area is 68.0 Å². The third-order valence-corrected chi connectivity index (χ3v) is 2.41. The zero-order chi connectivity index (χ0) is 8.43. The molecule has 0 aromatic rings. The van der Waals surface area contributed by atoms with Gasteiger partial charge in [0.15, 0.2) is 0 Å². The highest BCUT2D eigenvalue weighted by atomic mass is 16.2. The Morgan fingerprint density at radius 3 is 2.64 bits per heavy atom. The van der Waals surface area contributed by atoms with E-state index in [1.807, 2.05) is 11.9 Å². The molecule has 0 aliphatic carbocycles. The Hall–Kier alpha value is -0.570. The molecule has 0 spiro atoms. The number of likely N-dealkylation sites (N-methyl/N-ethyl adjacent to an activating group) is 2. The van der Waals surface area contributed by atoms with E-state index in [4.69, 9.17) is 0 Å². The van der Waals surface area contributed by atoms with Crippen molar-refractivity contribution >= 4 is 5.91 Å². The number of hydrogen-bond acceptors (Lipinski definition) is 2. The van der Waals surface area contributed by atoms with Crippen LogP contribution in [0.1, 0.15) is 13.3 Å². The van der Waals surface area contributed by atoms with Crippen molar-refractivity contribution in [1.29, 1.82) is 0 Å². The molecule has 1 fully saturated rings. The van der Waals surface area contributed by atoms with Gasteiger partial charge in [0.25, 0.3) is 0 Å². The molecule has 0 aromatic heterocycles. The molecule has 1 heterocycles. The zero-order valence-electron chi connectivity index (χ0n) is 7.50. The van der Waals surface area contributed by atoms with Gasteiger partial charge < -0.3 is 9.80 Å². The van der Waals surface area contributed by atoms with Crippen molar-refractivity contribution < 1.29 is 4.79 Å². The van der Waals surface area contributed by atoms with Crippen molar-refractivity contribution in [2.24, 2.45) is 0 Å². The van der Waals surface area contributed by atoms with E-state index in [1.54, 1.807) is 6.92 Å². The van der Waals surface area contributed by atoms with Crippen LogP contribution in [-0.2, 0) is 4.79 Å². The van der Waals surface area contributed by atoms with Crippen LogP contribution in [0.2, 0.25) is 0 Å². The van der Waals surface area contributed by atoms with Crippen LogP contribution >= 0.6 is 0 Å². The number of carbonyl (C=O) groups excluding carboxylic acids is 1. The van der Waals surface area contributed by atoms with Crippen LogP contribution in [0.3, 0.4) is 0 Å². The Kier molecular flexibility index (Phi) is 2.49. The van der Waals surface area contributed by atoms with E-state index in [0.717, 1.165) is 19.5 Å². The maximum atomic E-state index is 10.9. The van der Waals surface area contributed by atoms with Crippen molar-refractivity contribution in [1.82, 2.24) is 9.80 Å². The van der Waals surface area contributed by atoms with Gasteiger partial charge in [-0.05, 0) is 20.0 Å². The number of nitrogens with zero attached hydrogens (tertiary/aromatic N) is 2. The first-order valence-corrected chi connectivity index (χ1v) is 4.03. The van der Waals surface area contributed by atoms with E-state index in [0.29, 0.717) is 6.04 Å². The molecule has 0 unspecified atom stereocenters. The lowest BCUT2D eigenvalue weighted by molar-refractivity contribution is -0.129. The van der Waals surface area contributed by atoms with E-state index in [9.17, 15) is 4.79 Å². The lowest BCUT2D eigenvalue weighted by Crippen LogP contribution is -2.36. The molecule has 3 heteroatoms. The molecule has 3 nitrogen and oxygen atoms in total. The molecule has 0 radical (unpaired) electrons. The Bertz CT molecular complexity index is 158. The van der Waals surface area contributed by atoms with Gasteiger partial charge in [-0.2, -0.15) is 0 Å². The fraction of sp³-hybridized carbons (Fsp3) is 0.875. The molecule has 64 valence electrons. The predicted molar refractivity (Wildman–Crippen MR) is 44.3 cm³/mol. The molecule has 1 aliphatic rings. The van der Waals surface area contributed by atoms with Gasteiger partial charge in [0.2, 0.25) is 5.91 Å². The first-order valence-electron chi connectivity index (χ1n) is 4.03. The van der Waals surface area contributed by atoms with Crippen LogP contribution in [0.25, 0.3) is 0 Å². The van der Waals surface area contributed by atoms with E-state index < -0.39 is 0 Å². The number of likely N-dealkylation sites (tertiary alicyclic amines) is 1. The topological polar surface area (TPSA) is 23.6 Å². The minimum Gasteiger partial charge on any atom is -0.342 e. The van der Waals surface area contributed by atoms with Gasteiger partial charge in [0.1, 0.15) is 0 Å². The normalized spacial score (nSPS) is 25.5. The summed E-state index contributed by atoms with van der Waals surface area (Å²) in [5.41, 5.74) is 0. The smallest absolute Gasteiger partial charge is 0.219 e. The minimum atomic E-state index is 0.172. The summed E-state index contributed by atoms with van der Waals surface area (Å²) in [7, 11) is 3.97. The number of amides is 1. The lowest BCUT2D eigenvalue weighted by atomic mass is 10.2. The van der Waals surface area contributed by atoms with E-state index in [-0.39, 0.29) is 5.91 Å². The molecule has 1 atom stereocenters. The van der Waals surface area contributed by atoms with Gasteiger partial charge in [0, 0.05) is 26.6 Å². The van der Waals surface area contributed by atoms with Gasteiger partial charge in [-0.15, -0.1) is 0 Å². The third kappa shape index (κ3) is 1.93. The average Bonchev–Trinajstić information content (AvgIpc) is 2.34. The molecule has 1 aliphatic heterocycles. The highest BCUT2D eigenvalue weighted by Gasteiger charge is 2.24. The zero-order valence-corrected chi connectivity index (χ0v) is 7.50. The Morgan fingerprint density at radius 1 is 1.64 bits per heavy atom. The van der Waals surface area contributed by atoms with Gasteiger partial charge in [0.05, 0.1) is 0 Å². The van der Waals surface area contributed by atoms with Gasteiger partial charge in [-0.25, -0.2) is 0 Å². The molecule has 0 aromatic carbocycles. The molecule has 11 heavy (non-hydrogen) atoms. The van der Waals surface area contributed by atoms with Crippen molar-refractivity contribution in [3.05, 3.63) is 0 Å². The highest BCUT2D eigenvalue weighted by Crippen LogP contribution is 2.11. The fourth-order valence-corrected chi connectivity index (χ4v) is 1.48. The van der Waals surface area contributed by atoms with Crippen LogP contribution in [0.15, 0.2) is 0 Å². The molecule has 1 rings (SSSR count). The number of rotatable bonds is 1. The fourth-order valence-electron chi connectivity index (χ4n) is 1.48. The average molecular weight is 156 g/mol. The summed E-state index contributed by atoms with van der Waals surface area (Å²) >= 11 is 0. The van der Waals surface area contributed by atoms with Crippen LogP contribution in [-0.4, -0.2) is 48.9 Å². The third-order valence-electron chi connectivity index (χ3n) is 2.41. The largest absolute Gasteiger partial charge is 0.342 e. The first-order chi connectivity index (χ1) is 5.11. The SMILES string of the molecule is CC(=O)N(C)[C@H]1CCN(C)C1. The predicted octanol–water partition coefficient (Wildman–Crippen LogP) is 0.169. The second kappa shape index (κ2) is 3.22. The highest BCUT2D eigenvalue weighted by molar-refractivity contribution is 5.73. The summed E-state index contributed by atoms with van der Waals surface area (Å²) in [4.78, 5) is 15.0. The number of carbonyl (C=O) groups is 1. The summed E-state index contributed by atoms with van der Waals surface area (Å²) in [6.07, 6.45) is 1.12. The first kappa shape index (κ1) is 8.53. The lowest BCUT2D eigenvalue weighted by Gasteiger charge is -2.22. The van der Waals surface area contributed by atoms with Crippen LogP contribution in [0.5, 0.6) is 0 Å². The molecule has 0 N–H and O–H groups in total. The Morgan fingerprint density at radius 2 is 2.27 bits per heavy atom.